The highest BCUT2D eigenvalue weighted by atomic mass is 19.1. The summed E-state index contributed by atoms with van der Waals surface area (Å²) in [6.45, 7) is 6.09. The van der Waals surface area contributed by atoms with Gasteiger partial charge < -0.3 is 5.32 Å². The minimum Gasteiger partial charge on any atom is -0.322 e. The van der Waals surface area contributed by atoms with Crippen molar-refractivity contribution in [2.75, 3.05) is 5.32 Å². The number of nitrogens with one attached hydrogen (secondary N) is 1. The molecular formula is C17H20FN3O. The van der Waals surface area contributed by atoms with Gasteiger partial charge in [-0.2, -0.15) is 4.39 Å². The van der Waals surface area contributed by atoms with Crippen molar-refractivity contribution in [3.63, 3.8) is 0 Å². The van der Waals surface area contributed by atoms with E-state index < -0.39 is 11.9 Å². The average molecular weight is 301 g/mol. The summed E-state index contributed by atoms with van der Waals surface area (Å²) in [6.07, 6.45) is 1.97. The van der Waals surface area contributed by atoms with Crippen molar-refractivity contribution in [3.8, 4) is 0 Å². The fraction of sp³-hybridized carbons (Fsp3) is 0.412. The second kappa shape index (κ2) is 4.93. The van der Waals surface area contributed by atoms with Gasteiger partial charge in [-0.3, -0.25) is 9.48 Å². The Balaban J connectivity index is 1.95. The summed E-state index contributed by atoms with van der Waals surface area (Å²) < 4.78 is 15.2. The highest BCUT2D eigenvalue weighted by molar-refractivity contribution is 6.05. The van der Waals surface area contributed by atoms with E-state index in [-0.39, 0.29) is 11.0 Å². The first-order valence-electron chi connectivity index (χ1n) is 7.44. The molecule has 0 bridgehead atoms. The van der Waals surface area contributed by atoms with Crippen LogP contribution in [0.3, 0.4) is 0 Å². The summed E-state index contributed by atoms with van der Waals surface area (Å²) in [5.41, 5.74) is 3.83. The number of carbonyl (C=O) groups excluding carboxylic acids is 1. The molecule has 0 aliphatic heterocycles. The molecule has 1 aromatic heterocycles. The van der Waals surface area contributed by atoms with Crippen molar-refractivity contribution in [1.29, 1.82) is 0 Å². The molecule has 0 radical (unpaired) electrons. The monoisotopic (exact) mass is 301 g/mol. The van der Waals surface area contributed by atoms with E-state index in [9.17, 15) is 9.18 Å². The number of aryl methyl sites for hydroxylation is 1. The Morgan fingerprint density at radius 1 is 1.41 bits per heavy atom. The number of amides is 1. The normalized spacial score (nSPS) is 15.7. The predicted octanol–water partition coefficient (Wildman–Crippen LogP) is 3.34. The Hall–Kier alpha value is -2.17. The van der Waals surface area contributed by atoms with Crippen LogP contribution in [-0.4, -0.2) is 15.7 Å². The van der Waals surface area contributed by atoms with Crippen molar-refractivity contribution in [1.82, 2.24) is 9.78 Å². The molecule has 0 saturated heterocycles. The van der Waals surface area contributed by atoms with Gasteiger partial charge in [-0.05, 0) is 42.4 Å². The summed E-state index contributed by atoms with van der Waals surface area (Å²) in [4.78, 5) is 12.4. The number of hydrogen-bond acceptors (Lipinski definition) is 2. The molecule has 1 amide bonds. The summed E-state index contributed by atoms with van der Waals surface area (Å²) in [6, 6.07) is 5.92. The van der Waals surface area contributed by atoms with Crippen LogP contribution in [-0.2, 0) is 18.9 Å². The summed E-state index contributed by atoms with van der Waals surface area (Å²) in [5.74, 6) is -1.17. The maximum absolute atomic E-state index is 13.8. The van der Waals surface area contributed by atoms with Gasteiger partial charge in [0, 0.05) is 12.7 Å². The number of carbonyl (C=O) groups is 1. The van der Waals surface area contributed by atoms with E-state index in [0.29, 0.717) is 5.69 Å². The predicted molar refractivity (Wildman–Crippen MR) is 83.6 cm³/mol. The van der Waals surface area contributed by atoms with E-state index in [1.165, 1.54) is 10.2 Å². The van der Waals surface area contributed by atoms with E-state index in [1.807, 2.05) is 12.1 Å². The van der Waals surface area contributed by atoms with E-state index in [4.69, 9.17) is 0 Å². The number of hydrogen-bond donors (Lipinski definition) is 1. The summed E-state index contributed by atoms with van der Waals surface area (Å²) >= 11 is 0. The van der Waals surface area contributed by atoms with Gasteiger partial charge in [-0.25, -0.2) is 0 Å². The smallest absolute Gasteiger partial charge is 0.262 e. The lowest BCUT2D eigenvalue weighted by atomic mass is 9.86. The maximum atomic E-state index is 13.8. The standard InChI is InChI=1S/C17H20FN3O/c1-10-14(15(18)20-21(10)4)16(22)19-13-7-5-6-12-11(13)8-9-17(12,2)3/h5-7H,8-9H2,1-4H3,(H,19,22). The van der Waals surface area contributed by atoms with Crippen molar-refractivity contribution in [2.24, 2.45) is 7.05 Å². The quantitative estimate of drug-likeness (QED) is 0.924. The minimum atomic E-state index is -0.731. The molecule has 0 spiro atoms. The van der Waals surface area contributed by atoms with Crippen LogP contribution in [0.25, 0.3) is 0 Å². The highest BCUT2D eigenvalue weighted by Gasteiger charge is 2.31. The first-order chi connectivity index (χ1) is 10.3. The molecule has 1 N–H and O–H groups in total. The van der Waals surface area contributed by atoms with Crippen LogP contribution in [0.1, 0.15) is 47.4 Å². The second-order valence-electron chi connectivity index (χ2n) is 6.54. The van der Waals surface area contributed by atoms with Crippen molar-refractivity contribution >= 4 is 11.6 Å². The molecule has 0 unspecified atom stereocenters. The van der Waals surface area contributed by atoms with Gasteiger partial charge in [0.1, 0.15) is 5.56 Å². The van der Waals surface area contributed by atoms with Crippen molar-refractivity contribution in [2.45, 2.75) is 39.0 Å². The van der Waals surface area contributed by atoms with Crippen molar-refractivity contribution in [3.05, 3.63) is 46.5 Å². The van der Waals surface area contributed by atoms with E-state index in [2.05, 4.69) is 30.3 Å². The molecule has 4 nitrogen and oxygen atoms in total. The number of halogens is 1. The number of nitrogens with zero attached hydrogens (tertiary/aromatic N) is 2. The van der Waals surface area contributed by atoms with Gasteiger partial charge >= 0.3 is 0 Å². The molecule has 0 fully saturated rings. The SMILES string of the molecule is Cc1c(C(=O)Nc2cccc3c2CCC3(C)C)c(F)nn1C. The molecule has 1 aromatic carbocycles. The number of aromatic nitrogens is 2. The highest BCUT2D eigenvalue weighted by Crippen LogP contribution is 2.41. The maximum Gasteiger partial charge on any atom is 0.262 e. The van der Waals surface area contributed by atoms with Gasteiger partial charge in [0.2, 0.25) is 5.95 Å². The Kier molecular flexibility index (Phi) is 3.31. The largest absolute Gasteiger partial charge is 0.322 e. The van der Waals surface area contributed by atoms with Gasteiger partial charge in [0.15, 0.2) is 0 Å². The topological polar surface area (TPSA) is 46.9 Å². The molecule has 1 aliphatic rings. The van der Waals surface area contributed by atoms with Gasteiger partial charge in [-0.1, -0.05) is 26.0 Å². The molecule has 3 rings (SSSR count). The van der Waals surface area contributed by atoms with Gasteiger partial charge in [0.25, 0.3) is 5.91 Å². The van der Waals surface area contributed by atoms with Crippen LogP contribution >= 0.6 is 0 Å². The molecule has 22 heavy (non-hydrogen) atoms. The van der Waals surface area contributed by atoms with E-state index >= 15 is 0 Å². The average Bonchev–Trinajstić information content (AvgIpc) is 2.88. The van der Waals surface area contributed by atoms with Crippen LogP contribution < -0.4 is 5.32 Å². The second-order valence-corrected chi connectivity index (χ2v) is 6.54. The molecule has 116 valence electrons. The Bertz CT molecular complexity index is 762. The van der Waals surface area contributed by atoms with Crippen LogP contribution in [0.15, 0.2) is 18.2 Å². The van der Waals surface area contributed by atoms with E-state index in [0.717, 1.165) is 24.1 Å². The number of fused-ring (bicyclic) bond motifs is 1. The van der Waals surface area contributed by atoms with Gasteiger partial charge in [0.05, 0.1) is 5.69 Å². The molecule has 0 atom stereocenters. The molecule has 5 heteroatoms. The molecule has 0 saturated carbocycles. The zero-order valence-electron chi connectivity index (χ0n) is 13.3. The molecular weight excluding hydrogens is 281 g/mol. The molecule has 1 aliphatic carbocycles. The van der Waals surface area contributed by atoms with E-state index in [1.54, 1.807) is 14.0 Å². The van der Waals surface area contributed by atoms with Crippen LogP contribution in [0.4, 0.5) is 10.1 Å². The van der Waals surface area contributed by atoms with Crippen molar-refractivity contribution < 1.29 is 9.18 Å². The lowest BCUT2D eigenvalue weighted by Gasteiger charge is -2.19. The third-order valence-electron chi connectivity index (χ3n) is 4.67. The number of benzene rings is 1. The fourth-order valence-corrected chi connectivity index (χ4v) is 3.19. The Morgan fingerprint density at radius 2 is 2.14 bits per heavy atom. The fourth-order valence-electron chi connectivity index (χ4n) is 3.19. The molecule has 1 heterocycles. The Morgan fingerprint density at radius 3 is 2.77 bits per heavy atom. The third kappa shape index (κ3) is 2.21. The molecule has 2 aromatic rings. The Labute approximate surface area is 129 Å². The van der Waals surface area contributed by atoms with Crippen LogP contribution in [0.2, 0.25) is 0 Å². The summed E-state index contributed by atoms with van der Waals surface area (Å²) in [5, 5.41) is 6.52. The number of rotatable bonds is 2. The first kappa shape index (κ1) is 14.8. The number of anilines is 1. The lowest BCUT2D eigenvalue weighted by molar-refractivity contribution is 0.102. The third-order valence-corrected chi connectivity index (χ3v) is 4.67. The lowest BCUT2D eigenvalue weighted by Crippen LogP contribution is -2.16. The van der Waals surface area contributed by atoms with Crippen LogP contribution in [0.5, 0.6) is 0 Å². The zero-order valence-corrected chi connectivity index (χ0v) is 13.3. The van der Waals surface area contributed by atoms with Gasteiger partial charge in [-0.15, -0.1) is 5.10 Å². The minimum absolute atomic E-state index is 0.0114. The first-order valence-corrected chi connectivity index (χ1v) is 7.44. The zero-order chi connectivity index (χ0) is 16.1. The van der Waals surface area contributed by atoms with Crippen LogP contribution in [0, 0.1) is 12.9 Å². The summed E-state index contributed by atoms with van der Waals surface area (Å²) in [7, 11) is 1.62.